The second-order valence-corrected chi connectivity index (χ2v) is 11.4. The van der Waals surface area contributed by atoms with Crippen molar-refractivity contribution in [3.63, 3.8) is 0 Å². The third kappa shape index (κ3) is 5.42. The molecule has 1 aliphatic carbocycles. The molecule has 9 heteroatoms. The Morgan fingerprint density at radius 1 is 1.11 bits per heavy atom. The third-order valence-electron chi connectivity index (χ3n) is 5.37. The van der Waals surface area contributed by atoms with Crippen molar-refractivity contribution in [2.24, 2.45) is 11.8 Å². The monoisotopic (exact) mass is 426 g/mol. The van der Waals surface area contributed by atoms with E-state index in [4.69, 9.17) is 0 Å². The van der Waals surface area contributed by atoms with E-state index in [2.05, 4.69) is 10.0 Å². The molecule has 0 spiro atoms. The predicted octanol–water partition coefficient (Wildman–Crippen LogP) is 1.51. The van der Waals surface area contributed by atoms with Crippen molar-refractivity contribution >= 4 is 25.8 Å². The number of carbonyl (C=O) groups is 1. The van der Waals surface area contributed by atoms with Gasteiger partial charge in [-0.3, -0.25) is 4.79 Å². The summed E-state index contributed by atoms with van der Waals surface area (Å²) in [7, 11) is -6.71. The van der Waals surface area contributed by atoms with Gasteiger partial charge >= 0.3 is 0 Å². The Morgan fingerprint density at radius 2 is 1.75 bits per heavy atom. The lowest BCUT2D eigenvalue weighted by atomic mass is 9.81. The number of benzene rings is 1. The lowest BCUT2D eigenvalue weighted by molar-refractivity contribution is -0.126. The largest absolute Gasteiger partial charge is 0.349 e. The molecule has 0 unspecified atom stereocenters. The van der Waals surface area contributed by atoms with Crippen molar-refractivity contribution < 1.29 is 21.6 Å². The zero-order valence-electron chi connectivity index (χ0n) is 15.8. The van der Waals surface area contributed by atoms with E-state index >= 15 is 0 Å². The molecular weight excluding hydrogens is 400 g/mol. The van der Waals surface area contributed by atoms with E-state index in [9.17, 15) is 21.6 Å². The van der Waals surface area contributed by atoms with Crippen LogP contribution in [0.25, 0.3) is 0 Å². The van der Waals surface area contributed by atoms with Crippen molar-refractivity contribution in [2.75, 3.05) is 12.3 Å². The molecule has 1 atom stereocenters. The van der Waals surface area contributed by atoms with Gasteiger partial charge in [-0.2, -0.15) is 0 Å². The average molecular weight is 427 g/mol. The molecule has 1 amide bonds. The number of amides is 1. The first-order chi connectivity index (χ1) is 13.1. The number of hydrogen-bond donors (Lipinski definition) is 2. The number of sulfone groups is 1. The van der Waals surface area contributed by atoms with Crippen LogP contribution >= 0.6 is 0 Å². The average Bonchev–Trinajstić information content (AvgIpc) is 2.99. The normalized spacial score (nSPS) is 26.8. The van der Waals surface area contributed by atoms with Gasteiger partial charge < -0.3 is 5.32 Å². The predicted molar refractivity (Wildman–Crippen MR) is 107 cm³/mol. The summed E-state index contributed by atoms with van der Waals surface area (Å²) in [6, 6.07) is 6.27. The molecule has 28 heavy (non-hydrogen) atoms. The summed E-state index contributed by atoms with van der Waals surface area (Å²) in [4.78, 5) is 12.6. The van der Waals surface area contributed by atoms with Gasteiger partial charge in [0.1, 0.15) is 0 Å². The van der Waals surface area contributed by atoms with Gasteiger partial charge in [-0.1, -0.05) is 17.7 Å². The van der Waals surface area contributed by atoms with Gasteiger partial charge in [0.15, 0.2) is 9.84 Å². The Balaban J connectivity index is 1.44. The molecule has 154 valence electrons. The van der Waals surface area contributed by atoms with Crippen LogP contribution in [0.5, 0.6) is 0 Å². The first-order valence-electron chi connectivity index (χ1n) is 9.42. The summed E-state index contributed by atoms with van der Waals surface area (Å²) in [6.45, 7) is 2.26. The van der Waals surface area contributed by atoms with Gasteiger partial charge in [0.05, 0.1) is 16.7 Å². The molecule has 2 N–H and O–H groups in total. The molecule has 1 aromatic carbocycles. The molecule has 2 aliphatic rings. The highest BCUT2D eigenvalue weighted by molar-refractivity contribution is 7.94. The fourth-order valence-corrected chi connectivity index (χ4v) is 5.97. The van der Waals surface area contributed by atoms with E-state index < -0.39 is 25.9 Å². The number of sulfonamides is 1. The zero-order valence-corrected chi connectivity index (χ0v) is 17.4. The van der Waals surface area contributed by atoms with Crippen LogP contribution in [0.3, 0.4) is 0 Å². The van der Waals surface area contributed by atoms with Crippen LogP contribution in [0.2, 0.25) is 0 Å². The molecule has 0 aromatic heterocycles. The Bertz CT molecular complexity index is 945. The number of hydrogen-bond acceptors (Lipinski definition) is 5. The smallest absolute Gasteiger partial charge is 0.240 e. The summed E-state index contributed by atoms with van der Waals surface area (Å²) in [5, 5.41) is 3.93. The highest BCUT2D eigenvalue weighted by Crippen LogP contribution is 2.29. The van der Waals surface area contributed by atoms with E-state index in [1.807, 2.05) is 6.92 Å². The van der Waals surface area contributed by atoms with Crippen molar-refractivity contribution in [3.05, 3.63) is 41.3 Å². The minimum atomic E-state index is -3.53. The molecule has 1 aliphatic heterocycles. The molecule has 0 radical (unpaired) electrons. The van der Waals surface area contributed by atoms with Crippen LogP contribution in [-0.4, -0.2) is 41.1 Å². The molecule has 1 saturated carbocycles. The summed E-state index contributed by atoms with van der Waals surface area (Å²) < 4.78 is 50.3. The Labute approximate surface area is 166 Å². The minimum absolute atomic E-state index is 0.0745. The number of carbonyl (C=O) groups excluding carboxylic acids is 1. The minimum Gasteiger partial charge on any atom is -0.349 e. The lowest BCUT2D eigenvalue weighted by Crippen LogP contribution is -2.41. The maximum atomic E-state index is 12.4. The second-order valence-electron chi connectivity index (χ2n) is 7.66. The van der Waals surface area contributed by atoms with E-state index in [1.165, 1.54) is 6.08 Å². The van der Waals surface area contributed by atoms with Gasteiger partial charge in [-0.05, 0) is 56.7 Å². The first kappa shape index (κ1) is 21.0. The molecule has 1 aromatic rings. The fraction of sp³-hybridized carbons (Fsp3) is 0.526. The van der Waals surface area contributed by atoms with Crippen LogP contribution < -0.4 is 10.0 Å². The standard InChI is InChI=1S/C19H26N2O5S2/c1-14-2-8-18(9-3-14)28(25,26)20-12-15-4-6-16(7-5-15)19(22)21-17-10-11-27(23,24)13-17/h2-3,8-11,15-17,20H,4-7,12-13H2,1H3,(H,21,22)/t15?,16?,17-/m1/s1. The van der Waals surface area contributed by atoms with Crippen molar-refractivity contribution in [1.29, 1.82) is 0 Å². The molecule has 3 rings (SSSR count). The second kappa shape index (κ2) is 8.34. The van der Waals surface area contributed by atoms with Crippen LogP contribution in [0.1, 0.15) is 31.2 Å². The van der Waals surface area contributed by atoms with Crippen LogP contribution in [0.4, 0.5) is 0 Å². The highest BCUT2D eigenvalue weighted by Gasteiger charge is 2.30. The Hall–Kier alpha value is -1.71. The highest BCUT2D eigenvalue weighted by atomic mass is 32.2. The van der Waals surface area contributed by atoms with E-state index in [1.54, 1.807) is 24.3 Å². The molecule has 1 fully saturated rings. The third-order valence-corrected chi connectivity index (χ3v) is 8.20. The van der Waals surface area contributed by atoms with Crippen molar-refractivity contribution in [3.8, 4) is 0 Å². The summed E-state index contributed by atoms with van der Waals surface area (Å²) in [5.74, 6) is -0.155. The number of rotatable bonds is 6. The van der Waals surface area contributed by atoms with E-state index in [0.717, 1.165) is 23.8 Å². The number of aryl methyl sites for hydroxylation is 1. The van der Waals surface area contributed by atoms with Gasteiger partial charge in [0.2, 0.25) is 15.9 Å². The zero-order chi connectivity index (χ0) is 20.4. The van der Waals surface area contributed by atoms with Crippen molar-refractivity contribution in [1.82, 2.24) is 10.0 Å². The molecule has 1 heterocycles. The van der Waals surface area contributed by atoms with Crippen molar-refractivity contribution in [2.45, 2.75) is 43.5 Å². The summed E-state index contributed by atoms with van der Waals surface area (Å²) in [6.07, 6.45) is 4.37. The Morgan fingerprint density at radius 3 is 2.32 bits per heavy atom. The summed E-state index contributed by atoms with van der Waals surface area (Å²) >= 11 is 0. The van der Waals surface area contributed by atoms with Crippen LogP contribution in [0.15, 0.2) is 40.6 Å². The fourth-order valence-electron chi connectivity index (χ4n) is 3.62. The molecular formula is C19H26N2O5S2. The van der Waals surface area contributed by atoms with Gasteiger partial charge in [0, 0.05) is 17.9 Å². The van der Waals surface area contributed by atoms with Gasteiger partial charge in [-0.25, -0.2) is 21.6 Å². The Kier molecular flexibility index (Phi) is 6.26. The van der Waals surface area contributed by atoms with E-state index in [-0.39, 0.29) is 28.4 Å². The lowest BCUT2D eigenvalue weighted by Gasteiger charge is -2.28. The molecule has 7 nitrogen and oxygen atoms in total. The van der Waals surface area contributed by atoms with E-state index in [0.29, 0.717) is 19.4 Å². The summed E-state index contributed by atoms with van der Waals surface area (Å²) in [5.41, 5.74) is 1.00. The van der Waals surface area contributed by atoms with Gasteiger partial charge in [0.25, 0.3) is 0 Å². The maximum Gasteiger partial charge on any atom is 0.240 e. The topological polar surface area (TPSA) is 109 Å². The quantitative estimate of drug-likeness (QED) is 0.717. The first-order valence-corrected chi connectivity index (χ1v) is 12.6. The number of nitrogens with one attached hydrogen (secondary N) is 2. The molecule has 0 bridgehead atoms. The molecule has 0 saturated heterocycles. The van der Waals surface area contributed by atoms with Gasteiger partial charge in [-0.15, -0.1) is 0 Å². The van der Waals surface area contributed by atoms with Crippen LogP contribution in [-0.2, 0) is 24.7 Å². The van der Waals surface area contributed by atoms with Crippen LogP contribution in [0, 0.1) is 18.8 Å². The maximum absolute atomic E-state index is 12.4. The SMILES string of the molecule is Cc1ccc(S(=O)(=O)NCC2CCC(C(=O)N[C@@H]3C=CS(=O)(=O)C3)CC2)cc1.